The number of carbonyl (C=O) groups is 1. The van der Waals surface area contributed by atoms with Crippen molar-refractivity contribution in [3.63, 3.8) is 0 Å². The summed E-state index contributed by atoms with van der Waals surface area (Å²) in [7, 11) is 1.59. The van der Waals surface area contributed by atoms with Crippen LogP contribution >= 0.6 is 0 Å². The fraction of sp³-hybridized carbons (Fsp3) is 0.222. The van der Waals surface area contributed by atoms with Gasteiger partial charge in [0, 0.05) is 0 Å². The number of benzene rings is 1. The molecule has 12 heavy (non-hydrogen) atoms. The van der Waals surface area contributed by atoms with Gasteiger partial charge in [-0.3, -0.25) is 0 Å². The first kappa shape index (κ1) is 9.57. The molecule has 3 heteroatoms. The molecule has 64 valence electrons. The second-order valence-electron chi connectivity index (χ2n) is 2.19. The van der Waals surface area contributed by atoms with Gasteiger partial charge >= 0.3 is 81.9 Å². The van der Waals surface area contributed by atoms with Gasteiger partial charge < -0.3 is 0 Å². The Hall–Kier alpha value is -0.520. The van der Waals surface area contributed by atoms with Gasteiger partial charge in [0.25, 0.3) is 0 Å². The first-order valence-corrected chi connectivity index (χ1v) is 7.00. The van der Waals surface area contributed by atoms with Crippen molar-refractivity contribution in [1.29, 1.82) is 0 Å². The van der Waals surface area contributed by atoms with E-state index in [4.69, 9.17) is 4.74 Å². The summed E-state index contributed by atoms with van der Waals surface area (Å²) in [5, 5.41) is 0. The number of carbonyl (C=O) groups excluding carboxylic acids is 1. The van der Waals surface area contributed by atoms with E-state index in [1.165, 1.54) is 0 Å². The third-order valence-corrected chi connectivity index (χ3v) is 3.20. The van der Waals surface area contributed by atoms with Crippen LogP contribution in [0.3, 0.4) is 0 Å². The number of para-hydroxylation sites is 1. The van der Waals surface area contributed by atoms with Crippen molar-refractivity contribution in [2.75, 3.05) is 7.11 Å². The maximum absolute atomic E-state index is 11.4. The average Bonchev–Trinajstić information content (AvgIpc) is 2.16. The van der Waals surface area contributed by atoms with Crippen LogP contribution in [0, 0.1) is 0 Å². The fourth-order valence-electron chi connectivity index (χ4n) is 0.923. The van der Waals surface area contributed by atoms with E-state index in [1.54, 1.807) is 7.11 Å². The van der Waals surface area contributed by atoms with Crippen LogP contribution in [0.5, 0.6) is 5.75 Å². The molecule has 1 rings (SSSR count). The summed E-state index contributed by atoms with van der Waals surface area (Å²) in [5.74, 6) is 0.689. The molecule has 0 amide bonds. The zero-order valence-corrected chi connectivity index (χ0v) is 9.36. The molecule has 0 saturated heterocycles. The Kier molecular flexibility index (Phi) is 3.58. The molecule has 1 aromatic rings. The van der Waals surface area contributed by atoms with Gasteiger partial charge in [-0.15, -0.1) is 0 Å². The van der Waals surface area contributed by atoms with E-state index < -0.39 is 20.9 Å². The van der Waals surface area contributed by atoms with Crippen LogP contribution < -0.4 is 4.74 Å². The van der Waals surface area contributed by atoms with Crippen LogP contribution in [-0.2, 0) is 0 Å². The molecule has 0 bridgehead atoms. The summed E-state index contributed by atoms with van der Waals surface area (Å²) in [4.78, 5) is 13.3. The first-order valence-electron chi connectivity index (χ1n) is 3.51. The second-order valence-corrected chi connectivity index (χ2v) is 4.42. The second kappa shape index (κ2) is 4.49. The van der Waals surface area contributed by atoms with Crippen molar-refractivity contribution < 1.29 is 9.53 Å². The van der Waals surface area contributed by atoms with Crippen molar-refractivity contribution in [2.24, 2.45) is 0 Å². The molecule has 1 aromatic carbocycles. The molecule has 0 saturated carbocycles. The van der Waals surface area contributed by atoms with E-state index in [-0.39, 0.29) is 3.83 Å². The summed E-state index contributed by atoms with van der Waals surface area (Å²) in [6.07, 6.45) is 0. The molecule has 0 N–H and O–H groups in total. The summed E-state index contributed by atoms with van der Waals surface area (Å²) in [6.45, 7) is 0. The minimum absolute atomic E-state index is 0.248. The standard InChI is InChI=1S/C9H10O2Te/c1-11-8-6-4-3-5-7(8)9(10)12-2/h3-6H,1-2H3. The van der Waals surface area contributed by atoms with Gasteiger partial charge in [-0.25, -0.2) is 0 Å². The molecule has 0 spiro atoms. The topological polar surface area (TPSA) is 26.3 Å². The van der Waals surface area contributed by atoms with Gasteiger partial charge in [0.05, 0.1) is 0 Å². The van der Waals surface area contributed by atoms with Crippen molar-refractivity contribution in [3.8, 4) is 5.75 Å². The van der Waals surface area contributed by atoms with Gasteiger partial charge in [-0.1, -0.05) is 0 Å². The van der Waals surface area contributed by atoms with Gasteiger partial charge in [0.1, 0.15) is 0 Å². The third kappa shape index (κ3) is 2.00. The predicted octanol–water partition coefficient (Wildman–Crippen LogP) is 1.59. The van der Waals surface area contributed by atoms with Gasteiger partial charge in [0.15, 0.2) is 0 Å². The van der Waals surface area contributed by atoms with Crippen LogP contribution in [0.4, 0.5) is 0 Å². The Morgan fingerprint density at radius 3 is 2.67 bits per heavy atom. The Morgan fingerprint density at radius 1 is 1.42 bits per heavy atom. The maximum atomic E-state index is 11.4. The van der Waals surface area contributed by atoms with E-state index in [2.05, 4.69) is 0 Å². The Balaban J connectivity index is 3.04. The number of methoxy groups -OCH3 is 1. The Morgan fingerprint density at radius 2 is 2.08 bits per heavy atom. The summed E-state index contributed by atoms with van der Waals surface area (Å²) in [6, 6.07) is 7.36. The van der Waals surface area contributed by atoms with E-state index in [1.807, 2.05) is 29.2 Å². The zero-order chi connectivity index (χ0) is 8.97. The summed E-state index contributed by atoms with van der Waals surface area (Å²) < 4.78 is 5.32. The van der Waals surface area contributed by atoms with Gasteiger partial charge in [0.2, 0.25) is 0 Å². The first-order chi connectivity index (χ1) is 5.79. The van der Waals surface area contributed by atoms with E-state index in [0.717, 1.165) is 5.56 Å². The van der Waals surface area contributed by atoms with Crippen LogP contribution in [-0.4, -0.2) is 31.9 Å². The molecule has 0 aliphatic rings. The Labute approximate surface area is 82.0 Å². The van der Waals surface area contributed by atoms with Crippen LogP contribution in [0.1, 0.15) is 10.4 Å². The quantitative estimate of drug-likeness (QED) is 0.785. The Bertz CT molecular complexity index is 284. The number of ether oxygens (including phenoxy) is 1. The molecule has 0 fully saturated rings. The van der Waals surface area contributed by atoms with E-state index >= 15 is 0 Å². The normalized spacial score (nSPS) is 9.50. The molecule has 2 nitrogen and oxygen atoms in total. The SMILES string of the molecule is COc1ccccc1C(=O)[Te]C. The summed E-state index contributed by atoms with van der Waals surface area (Å²) in [5.41, 5.74) is 0.727. The predicted molar refractivity (Wildman–Crippen MR) is 48.9 cm³/mol. The molecule has 0 atom stereocenters. The van der Waals surface area contributed by atoms with Crippen molar-refractivity contribution in [1.82, 2.24) is 0 Å². The molecule has 0 radical (unpaired) electrons. The molecule has 0 heterocycles. The average molecular weight is 278 g/mol. The van der Waals surface area contributed by atoms with E-state index in [9.17, 15) is 4.79 Å². The molecule has 0 unspecified atom stereocenters. The van der Waals surface area contributed by atoms with Crippen molar-refractivity contribution in [2.45, 2.75) is 4.97 Å². The van der Waals surface area contributed by atoms with Crippen molar-refractivity contribution >= 4 is 24.8 Å². The molecular formula is C9H10O2Te. The monoisotopic (exact) mass is 280 g/mol. The molecule has 0 aliphatic carbocycles. The molecular weight excluding hydrogens is 268 g/mol. The molecule has 0 aliphatic heterocycles. The minimum atomic E-state index is -0.538. The zero-order valence-electron chi connectivity index (χ0n) is 7.03. The van der Waals surface area contributed by atoms with Crippen LogP contribution in [0.25, 0.3) is 0 Å². The summed E-state index contributed by atoms with van der Waals surface area (Å²) >= 11 is -0.538. The number of hydrogen-bond acceptors (Lipinski definition) is 2. The third-order valence-electron chi connectivity index (χ3n) is 1.51. The van der Waals surface area contributed by atoms with Gasteiger partial charge in [-0.05, 0) is 0 Å². The van der Waals surface area contributed by atoms with Gasteiger partial charge in [-0.2, -0.15) is 0 Å². The number of rotatable bonds is 3. The van der Waals surface area contributed by atoms with Crippen molar-refractivity contribution in [3.05, 3.63) is 29.8 Å². The van der Waals surface area contributed by atoms with Crippen LogP contribution in [0.15, 0.2) is 24.3 Å². The van der Waals surface area contributed by atoms with E-state index in [0.29, 0.717) is 5.75 Å². The fourth-order valence-corrected chi connectivity index (χ4v) is 2.03. The van der Waals surface area contributed by atoms with Crippen LogP contribution in [0.2, 0.25) is 4.97 Å². The molecule has 0 aromatic heterocycles. The number of hydrogen-bond donors (Lipinski definition) is 0.